The van der Waals surface area contributed by atoms with Crippen LogP contribution in [0.3, 0.4) is 0 Å². The maximum atomic E-state index is 12.6. The number of carbonyl (C=O) groups is 4. The summed E-state index contributed by atoms with van der Waals surface area (Å²) in [6, 6.07) is 0. The number of carboxylic acid groups (broad SMARTS) is 1. The van der Waals surface area contributed by atoms with Crippen molar-refractivity contribution in [2.24, 2.45) is 0 Å². The van der Waals surface area contributed by atoms with Crippen LogP contribution in [0.1, 0.15) is 87.0 Å². The second-order valence-electron chi connectivity index (χ2n) is 10.9. The molecule has 1 amide bonds. The number of amides is 1. The largest absolute Gasteiger partial charge is 0.481 e. The van der Waals surface area contributed by atoms with Gasteiger partial charge in [-0.25, -0.2) is 0 Å². The van der Waals surface area contributed by atoms with E-state index in [-0.39, 0.29) is 71.0 Å². The normalized spacial score (nSPS) is 12.2. The van der Waals surface area contributed by atoms with Crippen molar-refractivity contribution in [1.29, 1.82) is 0 Å². The van der Waals surface area contributed by atoms with Crippen LogP contribution in [0.25, 0.3) is 0 Å². The molecule has 0 aliphatic carbocycles. The molecule has 11 nitrogen and oxygen atoms in total. The van der Waals surface area contributed by atoms with Crippen LogP contribution in [0, 0.1) is 0 Å². The SMILES string of the molecule is CCCOCC(COCCC(=O)OC(C)(C)C)(COCCC(=O)OC(C)(C)C)NC(=O)CCCC(=O)O. The topological polar surface area (TPSA) is 147 Å². The second-order valence-corrected chi connectivity index (χ2v) is 10.9. The lowest BCUT2D eigenvalue weighted by Crippen LogP contribution is -2.58. The number of aliphatic carboxylic acids is 1. The summed E-state index contributed by atoms with van der Waals surface area (Å²) < 4.78 is 27.8. The summed E-state index contributed by atoms with van der Waals surface area (Å²) >= 11 is 0. The van der Waals surface area contributed by atoms with Crippen LogP contribution < -0.4 is 5.32 Å². The maximum Gasteiger partial charge on any atom is 0.308 e. The molecule has 0 heterocycles. The number of nitrogens with one attached hydrogen (secondary N) is 1. The molecule has 216 valence electrons. The summed E-state index contributed by atoms with van der Waals surface area (Å²) in [7, 11) is 0. The van der Waals surface area contributed by atoms with Crippen LogP contribution >= 0.6 is 0 Å². The monoisotopic (exact) mass is 533 g/mol. The molecule has 0 fully saturated rings. The van der Waals surface area contributed by atoms with E-state index in [9.17, 15) is 19.2 Å². The van der Waals surface area contributed by atoms with Crippen LogP contribution in [0.5, 0.6) is 0 Å². The summed E-state index contributed by atoms with van der Waals surface area (Å²) in [5.74, 6) is -2.19. The van der Waals surface area contributed by atoms with Crippen molar-refractivity contribution in [1.82, 2.24) is 5.32 Å². The molecule has 0 aromatic heterocycles. The lowest BCUT2D eigenvalue weighted by atomic mass is 10.0. The van der Waals surface area contributed by atoms with Gasteiger partial charge in [0.15, 0.2) is 0 Å². The third-order valence-electron chi connectivity index (χ3n) is 4.42. The van der Waals surface area contributed by atoms with Crippen LogP contribution in [0.15, 0.2) is 0 Å². The minimum absolute atomic E-state index is 0.00234. The highest BCUT2D eigenvalue weighted by molar-refractivity contribution is 5.77. The molecular formula is C26H47NO10. The summed E-state index contributed by atoms with van der Waals surface area (Å²) in [6.45, 7) is 13.1. The predicted molar refractivity (Wildman–Crippen MR) is 136 cm³/mol. The summed E-state index contributed by atoms with van der Waals surface area (Å²) in [5, 5.41) is 11.7. The Kier molecular flexibility index (Phi) is 16.3. The van der Waals surface area contributed by atoms with Crippen molar-refractivity contribution >= 4 is 23.8 Å². The molecule has 0 saturated carbocycles. The summed E-state index contributed by atoms with van der Waals surface area (Å²) in [4.78, 5) is 47.5. The lowest BCUT2D eigenvalue weighted by Gasteiger charge is -2.34. The van der Waals surface area contributed by atoms with Gasteiger partial charge in [-0.3, -0.25) is 19.2 Å². The van der Waals surface area contributed by atoms with Gasteiger partial charge in [-0.2, -0.15) is 0 Å². The number of esters is 2. The number of ether oxygens (including phenoxy) is 5. The fourth-order valence-corrected chi connectivity index (χ4v) is 3.03. The Morgan fingerprint density at radius 1 is 0.676 bits per heavy atom. The van der Waals surface area contributed by atoms with Gasteiger partial charge in [0.1, 0.15) is 16.7 Å². The molecule has 0 aromatic rings. The Morgan fingerprint density at radius 3 is 1.49 bits per heavy atom. The van der Waals surface area contributed by atoms with E-state index in [1.54, 1.807) is 41.5 Å². The molecule has 0 unspecified atom stereocenters. The van der Waals surface area contributed by atoms with Crippen molar-refractivity contribution in [3.05, 3.63) is 0 Å². The first kappa shape index (κ1) is 34.8. The van der Waals surface area contributed by atoms with Gasteiger partial charge in [0, 0.05) is 19.4 Å². The first-order valence-corrected chi connectivity index (χ1v) is 12.8. The van der Waals surface area contributed by atoms with Crippen molar-refractivity contribution in [3.8, 4) is 0 Å². The Hall–Kier alpha value is -2.24. The molecule has 0 spiro atoms. The fraction of sp³-hybridized carbons (Fsp3) is 0.846. The smallest absolute Gasteiger partial charge is 0.308 e. The second kappa shape index (κ2) is 17.3. The van der Waals surface area contributed by atoms with Gasteiger partial charge in [0.25, 0.3) is 0 Å². The molecule has 0 aliphatic heterocycles. The van der Waals surface area contributed by atoms with Gasteiger partial charge >= 0.3 is 17.9 Å². The van der Waals surface area contributed by atoms with Crippen molar-refractivity contribution in [2.45, 2.75) is 104 Å². The van der Waals surface area contributed by atoms with Crippen LogP contribution in [0.2, 0.25) is 0 Å². The number of carboxylic acids is 1. The van der Waals surface area contributed by atoms with Crippen LogP contribution in [0.4, 0.5) is 0 Å². The molecule has 0 aromatic carbocycles. The van der Waals surface area contributed by atoms with E-state index in [0.29, 0.717) is 6.61 Å². The standard InChI is InChI=1S/C26H47NO10/c1-8-14-33-17-26(27-20(28)10-9-11-21(29)30,18-34-15-12-22(31)36-24(2,3)4)19-35-16-13-23(32)37-25(5,6)7/h8-19H2,1-7H3,(H,27,28)(H,29,30). The summed E-state index contributed by atoms with van der Waals surface area (Å²) in [6.07, 6.45) is 0.835. The predicted octanol–water partition coefficient (Wildman–Crippen LogP) is 3.02. The van der Waals surface area contributed by atoms with Gasteiger partial charge < -0.3 is 34.1 Å². The lowest BCUT2D eigenvalue weighted by molar-refractivity contribution is -0.157. The molecule has 0 bridgehead atoms. The molecule has 0 rings (SSSR count). The van der Waals surface area contributed by atoms with Crippen molar-refractivity contribution in [2.75, 3.05) is 39.6 Å². The number of carbonyl (C=O) groups excluding carboxylic acids is 3. The molecule has 0 radical (unpaired) electrons. The number of hydrogen-bond acceptors (Lipinski definition) is 9. The fourth-order valence-electron chi connectivity index (χ4n) is 3.03. The van der Waals surface area contributed by atoms with Crippen LogP contribution in [-0.2, 0) is 42.9 Å². The van der Waals surface area contributed by atoms with E-state index in [0.717, 1.165) is 6.42 Å². The van der Waals surface area contributed by atoms with Gasteiger partial charge in [0.2, 0.25) is 5.91 Å². The molecule has 11 heteroatoms. The van der Waals surface area contributed by atoms with Gasteiger partial charge in [-0.15, -0.1) is 0 Å². The van der Waals surface area contributed by atoms with Gasteiger partial charge in [-0.1, -0.05) is 6.92 Å². The van der Waals surface area contributed by atoms with Crippen molar-refractivity contribution in [3.63, 3.8) is 0 Å². The molecule has 2 N–H and O–H groups in total. The van der Waals surface area contributed by atoms with Gasteiger partial charge in [-0.05, 0) is 54.4 Å². The molecule has 0 saturated heterocycles. The minimum atomic E-state index is -1.11. The van der Waals surface area contributed by atoms with E-state index in [2.05, 4.69) is 5.32 Å². The molecule has 37 heavy (non-hydrogen) atoms. The highest BCUT2D eigenvalue weighted by Gasteiger charge is 2.34. The molecular weight excluding hydrogens is 486 g/mol. The molecule has 0 atom stereocenters. The Morgan fingerprint density at radius 2 is 1.11 bits per heavy atom. The average molecular weight is 534 g/mol. The van der Waals surface area contributed by atoms with E-state index in [1.807, 2.05) is 6.92 Å². The average Bonchev–Trinajstić information content (AvgIpc) is 2.72. The zero-order valence-corrected chi connectivity index (χ0v) is 23.6. The number of rotatable bonds is 19. The third-order valence-corrected chi connectivity index (χ3v) is 4.42. The quantitative estimate of drug-likeness (QED) is 0.188. The number of hydrogen-bond donors (Lipinski definition) is 2. The minimum Gasteiger partial charge on any atom is -0.481 e. The Labute approximate surface area is 220 Å². The van der Waals surface area contributed by atoms with E-state index in [1.165, 1.54) is 0 Å². The van der Waals surface area contributed by atoms with E-state index < -0.39 is 34.6 Å². The highest BCUT2D eigenvalue weighted by atomic mass is 16.6. The Balaban J connectivity index is 5.26. The first-order chi connectivity index (χ1) is 17.1. The maximum absolute atomic E-state index is 12.6. The molecule has 0 aliphatic rings. The van der Waals surface area contributed by atoms with E-state index >= 15 is 0 Å². The van der Waals surface area contributed by atoms with Crippen LogP contribution in [-0.4, -0.2) is 85.3 Å². The third kappa shape index (κ3) is 20.5. The Bertz CT molecular complexity index is 673. The van der Waals surface area contributed by atoms with E-state index in [4.69, 9.17) is 28.8 Å². The first-order valence-electron chi connectivity index (χ1n) is 12.8. The summed E-state index contributed by atoms with van der Waals surface area (Å²) in [5.41, 5.74) is -2.33. The zero-order chi connectivity index (χ0) is 28.5. The highest BCUT2D eigenvalue weighted by Crippen LogP contribution is 2.14. The zero-order valence-electron chi connectivity index (χ0n) is 23.6. The van der Waals surface area contributed by atoms with Crippen molar-refractivity contribution < 1.29 is 48.0 Å². The van der Waals surface area contributed by atoms with Gasteiger partial charge in [0.05, 0.1) is 45.9 Å².